The molecule has 6 heteroatoms. The fourth-order valence-electron chi connectivity index (χ4n) is 3.05. The first-order chi connectivity index (χ1) is 12.7. The monoisotopic (exact) mass is 406 g/mol. The van der Waals surface area contributed by atoms with E-state index < -0.39 is 0 Å². The van der Waals surface area contributed by atoms with Gasteiger partial charge in [0, 0.05) is 27.1 Å². The molecule has 26 heavy (non-hydrogen) atoms. The largest absolute Gasteiger partial charge is 0.273 e. The van der Waals surface area contributed by atoms with Gasteiger partial charge in [0.25, 0.3) is 0 Å². The van der Waals surface area contributed by atoms with E-state index in [2.05, 4.69) is 29.6 Å². The van der Waals surface area contributed by atoms with Gasteiger partial charge in [-0.05, 0) is 42.9 Å². The zero-order valence-electron chi connectivity index (χ0n) is 14.8. The number of rotatable bonds is 7. The van der Waals surface area contributed by atoms with Gasteiger partial charge < -0.3 is 0 Å². The van der Waals surface area contributed by atoms with Crippen LogP contribution in [0.15, 0.2) is 41.5 Å². The highest BCUT2D eigenvalue weighted by atomic mass is 35.5. The Labute approximate surface area is 168 Å². The number of thioether (sulfide) groups is 1. The molecule has 0 bridgehead atoms. The van der Waals surface area contributed by atoms with E-state index in [1.54, 1.807) is 11.3 Å². The lowest BCUT2D eigenvalue weighted by Gasteiger charge is -2.09. The predicted octanol–water partition coefficient (Wildman–Crippen LogP) is 5.71. The van der Waals surface area contributed by atoms with Crippen LogP contribution in [-0.2, 0) is 10.5 Å². The van der Waals surface area contributed by atoms with Gasteiger partial charge in [0.1, 0.15) is 5.71 Å². The Morgan fingerprint density at radius 1 is 1.23 bits per heavy atom. The maximum absolute atomic E-state index is 12.4. The van der Waals surface area contributed by atoms with Crippen molar-refractivity contribution in [2.24, 2.45) is 11.0 Å². The quantitative estimate of drug-likeness (QED) is 0.472. The number of thiophene rings is 1. The van der Waals surface area contributed by atoms with Crippen molar-refractivity contribution in [1.29, 1.82) is 0 Å². The van der Waals surface area contributed by atoms with Crippen LogP contribution in [0.4, 0.5) is 0 Å². The molecular weight excluding hydrogens is 384 g/mol. The minimum Gasteiger partial charge on any atom is -0.273 e. The summed E-state index contributed by atoms with van der Waals surface area (Å²) < 4.78 is 0. The summed E-state index contributed by atoms with van der Waals surface area (Å²) in [6.45, 7) is 2.17. The first-order valence-corrected chi connectivity index (χ1v) is 11.3. The van der Waals surface area contributed by atoms with Crippen LogP contribution in [0.3, 0.4) is 0 Å². The third kappa shape index (κ3) is 5.12. The van der Waals surface area contributed by atoms with Gasteiger partial charge in [0.05, 0.1) is 4.88 Å². The third-order valence-electron chi connectivity index (χ3n) is 4.47. The lowest BCUT2D eigenvalue weighted by atomic mass is 10.1. The van der Waals surface area contributed by atoms with E-state index >= 15 is 0 Å². The highest BCUT2D eigenvalue weighted by Gasteiger charge is 2.22. The number of carbonyl (C=O) groups excluding carboxylic acids is 1. The van der Waals surface area contributed by atoms with Crippen LogP contribution in [0, 0.1) is 5.92 Å². The number of halogens is 1. The van der Waals surface area contributed by atoms with Crippen LogP contribution in [-0.4, -0.2) is 17.4 Å². The van der Waals surface area contributed by atoms with Gasteiger partial charge >= 0.3 is 0 Å². The smallest absolute Gasteiger partial charge is 0.243 e. The minimum absolute atomic E-state index is 0.0345. The van der Waals surface area contributed by atoms with Gasteiger partial charge in [-0.1, -0.05) is 43.5 Å². The third-order valence-corrected chi connectivity index (χ3v) is 6.92. The number of benzene rings is 1. The molecule has 0 radical (unpaired) electrons. The lowest BCUT2D eigenvalue weighted by Crippen LogP contribution is -2.26. The summed E-state index contributed by atoms with van der Waals surface area (Å²) >= 11 is 9.66. The molecule has 138 valence electrons. The second-order valence-electron chi connectivity index (χ2n) is 6.33. The molecule has 0 aliphatic heterocycles. The Morgan fingerprint density at radius 2 is 1.96 bits per heavy atom. The maximum atomic E-state index is 12.4. The first-order valence-electron chi connectivity index (χ1n) is 8.97. The van der Waals surface area contributed by atoms with Crippen molar-refractivity contribution in [3.8, 4) is 0 Å². The van der Waals surface area contributed by atoms with Crippen molar-refractivity contribution in [2.45, 2.75) is 38.4 Å². The molecule has 1 N–H and O–H groups in total. The molecule has 3 rings (SSSR count). The number of hydrogen-bond acceptors (Lipinski definition) is 4. The maximum Gasteiger partial charge on any atom is 0.243 e. The molecule has 1 aliphatic carbocycles. The summed E-state index contributed by atoms with van der Waals surface area (Å²) in [5.41, 5.74) is 4.56. The zero-order valence-corrected chi connectivity index (χ0v) is 17.2. The molecule has 1 saturated carbocycles. The predicted molar refractivity (Wildman–Crippen MR) is 113 cm³/mol. The Hall–Kier alpha value is -1.30. The van der Waals surface area contributed by atoms with E-state index in [0.29, 0.717) is 5.02 Å². The minimum atomic E-state index is 0.0345. The second-order valence-corrected chi connectivity index (χ2v) is 9.21. The molecule has 0 unspecified atom stereocenters. The molecule has 0 saturated heterocycles. The van der Waals surface area contributed by atoms with Crippen molar-refractivity contribution in [3.63, 3.8) is 0 Å². The van der Waals surface area contributed by atoms with Gasteiger partial charge in [-0.15, -0.1) is 11.3 Å². The summed E-state index contributed by atoms with van der Waals surface area (Å²) in [6, 6.07) is 11.8. The van der Waals surface area contributed by atoms with E-state index in [1.807, 2.05) is 36.0 Å². The summed E-state index contributed by atoms with van der Waals surface area (Å²) in [6.07, 6.45) is 4.20. The molecule has 1 heterocycles. The van der Waals surface area contributed by atoms with Gasteiger partial charge in [0.15, 0.2) is 0 Å². The van der Waals surface area contributed by atoms with Gasteiger partial charge in [-0.25, -0.2) is 5.43 Å². The van der Waals surface area contributed by atoms with Crippen LogP contribution in [0.1, 0.15) is 47.9 Å². The number of hydrogen-bond donors (Lipinski definition) is 1. The molecule has 1 aromatic heterocycles. The number of carbonyl (C=O) groups is 1. The van der Waals surface area contributed by atoms with Crippen molar-refractivity contribution in [1.82, 2.24) is 5.43 Å². The van der Waals surface area contributed by atoms with Crippen LogP contribution in [0.5, 0.6) is 0 Å². The number of nitrogens with one attached hydrogen (secondary N) is 1. The van der Waals surface area contributed by atoms with E-state index in [4.69, 9.17) is 11.6 Å². The molecule has 1 amide bonds. The molecule has 3 nitrogen and oxygen atoms in total. The molecule has 0 spiro atoms. The summed E-state index contributed by atoms with van der Waals surface area (Å²) in [7, 11) is 0. The van der Waals surface area contributed by atoms with Crippen molar-refractivity contribution >= 4 is 46.3 Å². The normalized spacial score (nSPS) is 15.4. The molecule has 0 atom stereocenters. The fourth-order valence-corrected chi connectivity index (χ4v) is 4.97. The van der Waals surface area contributed by atoms with E-state index in [-0.39, 0.29) is 11.8 Å². The Balaban J connectivity index is 1.83. The number of amides is 1. The Bertz CT molecular complexity index is 764. The molecule has 1 aromatic carbocycles. The van der Waals surface area contributed by atoms with Gasteiger partial charge in [-0.3, -0.25) is 4.79 Å². The second kappa shape index (κ2) is 9.58. The van der Waals surface area contributed by atoms with Crippen molar-refractivity contribution < 1.29 is 4.79 Å². The van der Waals surface area contributed by atoms with E-state index in [0.717, 1.165) is 53.3 Å². The topological polar surface area (TPSA) is 41.5 Å². The van der Waals surface area contributed by atoms with Crippen molar-refractivity contribution in [3.05, 3.63) is 56.7 Å². The summed E-state index contributed by atoms with van der Waals surface area (Å²) in [5.74, 6) is 2.24. The Morgan fingerprint density at radius 3 is 2.65 bits per heavy atom. The average Bonchev–Trinajstić information content (AvgIpc) is 3.33. The number of nitrogens with zero attached hydrogens (tertiary/aromatic N) is 1. The fraction of sp³-hybridized carbons (Fsp3) is 0.400. The average molecular weight is 407 g/mol. The number of hydrazone groups is 1. The highest BCUT2D eigenvalue weighted by Crippen LogP contribution is 2.26. The first kappa shape index (κ1) is 19.5. The van der Waals surface area contributed by atoms with Crippen LogP contribution in [0.25, 0.3) is 0 Å². The molecule has 1 aliphatic rings. The van der Waals surface area contributed by atoms with Gasteiger partial charge in [0.2, 0.25) is 5.91 Å². The molecule has 1 fully saturated rings. The van der Waals surface area contributed by atoms with Crippen LogP contribution < -0.4 is 5.43 Å². The standard InChI is InChI=1S/C20H23ClN2OS2/c1-2-25-13-17-11-12-18(26-17)19(14-7-9-16(21)10-8-14)22-23-20(24)15-5-3-4-6-15/h7-12,15H,2-6,13H2,1H3,(H,23,24). The summed E-state index contributed by atoms with van der Waals surface area (Å²) in [4.78, 5) is 14.8. The SMILES string of the molecule is CCSCc1ccc(C(=NNC(=O)C2CCCC2)c2ccc(Cl)cc2)s1. The molecular formula is C20H23ClN2OS2. The van der Waals surface area contributed by atoms with E-state index in [1.165, 1.54) is 4.88 Å². The van der Waals surface area contributed by atoms with Crippen LogP contribution >= 0.6 is 34.7 Å². The van der Waals surface area contributed by atoms with Crippen molar-refractivity contribution in [2.75, 3.05) is 5.75 Å². The summed E-state index contributed by atoms with van der Waals surface area (Å²) in [5, 5.41) is 5.20. The zero-order chi connectivity index (χ0) is 18.4. The van der Waals surface area contributed by atoms with Crippen LogP contribution in [0.2, 0.25) is 5.02 Å². The highest BCUT2D eigenvalue weighted by molar-refractivity contribution is 7.98. The Kier molecular flexibility index (Phi) is 7.17. The lowest BCUT2D eigenvalue weighted by molar-refractivity contribution is -0.124. The van der Waals surface area contributed by atoms with E-state index in [9.17, 15) is 4.79 Å². The van der Waals surface area contributed by atoms with Gasteiger partial charge in [-0.2, -0.15) is 16.9 Å². The molecule has 2 aromatic rings.